The van der Waals surface area contributed by atoms with E-state index in [9.17, 15) is 4.79 Å². The maximum Gasteiger partial charge on any atom is 0.220 e. The van der Waals surface area contributed by atoms with Gasteiger partial charge in [0.2, 0.25) is 5.91 Å². The Morgan fingerprint density at radius 2 is 1.71 bits per heavy atom. The van der Waals surface area contributed by atoms with Crippen LogP contribution in [0, 0.1) is 11.3 Å². The molecule has 1 atom stereocenters. The fourth-order valence-corrected chi connectivity index (χ4v) is 3.98. The van der Waals surface area contributed by atoms with Gasteiger partial charge in [0.15, 0.2) is 23.0 Å². The molecule has 1 heterocycles. The summed E-state index contributed by atoms with van der Waals surface area (Å²) in [7, 11) is 4.75. The molecular weight excluding hydrogens is 450 g/mol. The van der Waals surface area contributed by atoms with Crippen molar-refractivity contribution in [3.05, 3.63) is 47.5 Å². The van der Waals surface area contributed by atoms with Crippen LogP contribution in [0.2, 0.25) is 0 Å². The van der Waals surface area contributed by atoms with Crippen LogP contribution in [0.1, 0.15) is 30.0 Å². The Balaban J connectivity index is 1.55. The van der Waals surface area contributed by atoms with Crippen LogP contribution in [0.15, 0.2) is 36.4 Å². The van der Waals surface area contributed by atoms with Gasteiger partial charge in [0.05, 0.1) is 58.8 Å². The summed E-state index contributed by atoms with van der Waals surface area (Å²) in [6.07, 6.45) is 0.883. The molecule has 1 fully saturated rings. The molecule has 1 aliphatic heterocycles. The molecule has 0 radical (unpaired) electrons. The molecule has 1 amide bonds. The second-order valence-electron chi connectivity index (χ2n) is 8.01. The Kier molecular flexibility index (Phi) is 10.0. The minimum absolute atomic E-state index is 0.0122. The summed E-state index contributed by atoms with van der Waals surface area (Å²) < 4.78 is 27.4. The maximum atomic E-state index is 12.6. The highest BCUT2D eigenvalue weighted by Gasteiger charge is 2.24. The quantitative estimate of drug-likeness (QED) is 0.460. The standard InChI is InChI=1S/C26H33N3O6/c1-31-22-9-7-20(16-25(22)33-3)21(29-10-13-34-14-11-29)18-28-26(30)5-4-12-35-23-8-6-19(17-27)15-24(23)32-2/h6-9,15-16,21H,4-5,10-14,18H2,1-3H3,(H,28,30). The third-order valence-electron chi connectivity index (χ3n) is 5.87. The van der Waals surface area contributed by atoms with E-state index in [-0.39, 0.29) is 11.9 Å². The van der Waals surface area contributed by atoms with Crippen molar-refractivity contribution in [1.29, 1.82) is 5.26 Å². The van der Waals surface area contributed by atoms with Gasteiger partial charge >= 0.3 is 0 Å². The molecule has 35 heavy (non-hydrogen) atoms. The van der Waals surface area contributed by atoms with E-state index in [1.165, 1.54) is 7.11 Å². The average molecular weight is 484 g/mol. The first-order valence-corrected chi connectivity index (χ1v) is 11.6. The summed E-state index contributed by atoms with van der Waals surface area (Å²) in [6, 6.07) is 12.9. The van der Waals surface area contributed by atoms with E-state index >= 15 is 0 Å². The lowest BCUT2D eigenvalue weighted by atomic mass is 10.0. The lowest BCUT2D eigenvalue weighted by Crippen LogP contribution is -2.43. The molecule has 2 aromatic carbocycles. The number of nitriles is 1. The monoisotopic (exact) mass is 483 g/mol. The number of hydrogen-bond acceptors (Lipinski definition) is 8. The van der Waals surface area contributed by atoms with E-state index < -0.39 is 0 Å². The second-order valence-corrected chi connectivity index (χ2v) is 8.01. The normalized spacial score (nSPS) is 14.5. The van der Waals surface area contributed by atoms with Crippen LogP contribution in [0.25, 0.3) is 0 Å². The molecule has 1 N–H and O–H groups in total. The maximum absolute atomic E-state index is 12.6. The van der Waals surface area contributed by atoms with Crippen molar-refractivity contribution in [3.63, 3.8) is 0 Å². The van der Waals surface area contributed by atoms with Gasteiger partial charge in [0.25, 0.3) is 0 Å². The number of nitrogens with one attached hydrogen (secondary N) is 1. The van der Waals surface area contributed by atoms with Gasteiger partial charge in [0.1, 0.15) is 0 Å². The summed E-state index contributed by atoms with van der Waals surface area (Å²) in [6.45, 7) is 3.73. The molecule has 3 rings (SSSR count). The Labute approximate surface area is 206 Å². The van der Waals surface area contributed by atoms with E-state index in [1.54, 1.807) is 32.4 Å². The van der Waals surface area contributed by atoms with Gasteiger partial charge in [-0.3, -0.25) is 9.69 Å². The van der Waals surface area contributed by atoms with E-state index in [2.05, 4.69) is 16.3 Å². The Morgan fingerprint density at radius 3 is 2.40 bits per heavy atom. The largest absolute Gasteiger partial charge is 0.493 e. The number of ether oxygens (including phenoxy) is 5. The SMILES string of the molecule is COc1ccc(C(CNC(=O)CCCOc2ccc(C#N)cc2OC)N2CCOCC2)cc1OC. The Bertz CT molecular complexity index is 1020. The van der Waals surface area contributed by atoms with E-state index in [1.807, 2.05) is 18.2 Å². The van der Waals surface area contributed by atoms with Gasteiger partial charge < -0.3 is 29.0 Å². The number of carbonyl (C=O) groups is 1. The zero-order valence-electron chi connectivity index (χ0n) is 20.5. The smallest absolute Gasteiger partial charge is 0.220 e. The van der Waals surface area contributed by atoms with Gasteiger partial charge in [-0.2, -0.15) is 5.26 Å². The van der Waals surface area contributed by atoms with Gasteiger partial charge in [0, 0.05) is 32.1 Å². The zero-order chi connectivity index (χ0) is 25.0. The van der Waals surface area contributed by atoms with Crippen molar-refractivity contribution in [2.45, 2.75) is 18.9 Å². The first kappa shape index (κ1) is 26.1. The van der Waals surface area contributed by atoms with E-state index in [0.29, 0.717) is 67.8 Å². The van der Waals surface area contributed by atoms with Crippen molar-refractivity contribution >= 4 is 5.91 Å². The minimum Gasteiger partial charge on any atom is -0.493 e. The third-order valence-corrected chi connectivity index (χ3v) is 5.87. The van der Waals surface area contributed by atoms with Crippen LogP contribution >= 0.6 is 0 Å². The van der Waals surface area contributed by atoms with E-state index in [0.717, 1.165) is 18.7 Å². The lowest BCUT2D eigenvalue weighted by Gasteiger charge is -2.35. The van der Waals surface area contributed by atoms with Crippen LogP contribution < -0.4 is 24.3 Å². The molecule has 0 aliphatic carbocycles. The van der Waals surface area contributed by atoms with Crippen LogP contribution in [0.3, 0.4) is 0 Å². The second kappa shape index (κ2) is 13.4. The molecule has 0 aromatic heterocycles. The first-order valence-electron chi connectivity index (χ1n) is 11.6. The molecule has 188 valence electrons. The number of carbonyl (C=O) groups excluding carboxylic acids is 1. The number of amides is 1. The Morgan fingerprint density at radius 1 is 1.03 bits per heavy atom. The number of methoxy groups -OCH3 is 3. The summed E-state index contributed by atoms with van der Waals surface area (Å²) in [5, 5.41) is 12.1. The molecule has 0 saturated carbocycles. The number of nitrogens with zero attached hydrogens (tertiary/aromatic N) is 2. The van der Waals surface area contributed by atoms with Crippen LogP contribution in [-0.4, -0.2) is 71.6 Å². The number of hydrogen-bond donors (Lipinski definition) is 1. The molecule has 9 nitrogen and oxygen atoms in total. The molecule has 9 heteroatoms. The highest BCUT2D eigenvalue weighted by Crippen LogP contribution is 2.32. The molecule has 2 aromatic rings. The molecule has 0 bridgehead atoms. The topological polar surface area (TPSA) is 102 Å². The van der Waals surface area contributed by atoms with Crippen molar-refractivity contribution in [3.8, 4) is 29.1 Å². The predicted molar refractivity (Wildman–Crippen MR) is 130 cm³/mol. The fraction of sp³-hybridized carbons (Fsp3) is 0.462. The van der Waals surface area contributed by atoms with Gasteiger partial charge in [-0.05, 0) is 36.2 Å². The molecular formula is C26H33N3O6. The highest BCUT2D eigenvalue weighted by atomic mass is 16.5. The number of rotatable bonds is 12. The highest BCUT2D eigenvalue weighted by molar-refractivity contribution is 5.75. The van der Waals surface area contributed by atoms with Crippen LogP contribution in [0.5, 0.6) is 23.0 Å². The van der Waals surface area contributed by atoms with Crippen molar-refractivity contribution in [2.75, 3.05) is 60.8 Å². The summed E-state index contributed by atoms with van der Waals surface area (Å²) in [5.74, 6) is 2.33. The summed E-state index contributed by atoms with van der Waals surface area (Å²) >= 11 is 0. The average Bonchev–Trinajstić information content (AvgIpc) is 2.91. The third kappa shape index (κ3) is 7.25. The lowest BCUT2D eigenvalue weighted by molar-refractivity contribution is -0.121. The zero-order valence-corrected chi connectivity index (χ0v) is 20.5. The van der Waals surface area contributed by atoms with Gasteiger partial charge in [-0.15, -0.1) is 0 Å². The van der Waals surface area contributed by atoms with Gasteiger partial charge in [-0.25, -0.2) is 0 Å². The Hall–Kier alpha value is -3.48. The summed E-state index contributed by atoms with van der Waals surface area (Å²) in [5.41, 5.74) is 1.54. The summed E-state index contributed by atoms with van der Waals surface area (Å²) in [4.78, 5) is 14.9. The molecule has 1 unspecified atom stereocenters. The molecule has 1 aliphatic rings. The van der Waals surface area contributed by atoms with E-state index in [4.69, 9.17) is 28.9 Å². The molecule has 1 saturated heterocycles. The van der Waals surface area contributed by atoms with Crippen LogP contribution in [-0.2, 0) is 9.53 Å². The van der Waals surface area contributed by atoms with Crippen molar-refractivity contribution in [2.24, 2.45) is 0 Å². The first-order chi connectivity index (χ1) is 17.1. The van der Waals surface area contributed by atoms with Crippen molar-refractivity contribution < 1.29 is 28.5 Å². The molecule has 0 spiro atoms. The van der Waals surface area contributed by atoms with Crippen molar-refractivity contribution in [1.82, 2.24) is 10.2 Å². The van der Waals surface area contributed by atoms with Crippen LogP contribution in [0.4, 0.5) is 0 Å². The number of benzene rings is 2. The fourth-order valence-electron chi connectivity index (χ4n) is 3.98. The number of morpholine rings is 1. The minimum atomic E-state index is -0.0425. The van der Waals surface area contributed by atoms with Gasteiger partial charge in [-0.1, -0.05) is 6.07 Å². The predicted octanol–water partition coefficient (Wildman–Crippen LogP) is 2.93.